The maximum atomic E-state index is 11.9. The van der Waals surface area contributed by atoms with Gasteiger partial charge in [0.1, 0.15) is 0 Å². The number of benzene rings is 1. The number of aryl methyl sites for hydroxylation is 1. The van der Waals surface area contributed by atoms with E-state index in [9.17, 15) is 4.79 Å². The number of anilines is 1. The summed E-state index contributed by atoms with van der Waals surface area (Å²) in [5, 5.41) is 9.37. The van der Waals surface area contributed by atoms with Crippen molar-refractivity contribution in [3.63, 3.8) is 0 Å². The number of rotatable bonds is 5. The van der Waals surface area contributed by atoms with Crippen LogP contribution in [0.2, 0.25) is 0 Å². The van der Waals surface area contributed by atoms with Crippen molar-refractivity contribution < 1.29 is 9.32 Å². The van der Waals surface area contributed by atoms with Crippen LogP contribution in [0.4, 0.5) is 10.7 Å². The lowest BCUT2D eigenvalue weighted by molar-refractivity contribution is 0.235. The van der Waals surface area contributed by atoms with Crippen molar-refractivity contribution in [1.82, 2.24) is 20.8 Å². The van der Waals surface area contributed by atoms with Gasteiger partial charge in [0.2, 0.25) is 5.89 Å². The number of nitrogens with one attached hydrogen (secondary N) is 2. The van der Waals surface area contributed by atoms with Crippen LogP contribution < -0.4 is 15.5 Å². The van der Waals surface area contributed by atoms with E-state index in [4.69, 9.17) is 4.52 Å². The molecule has 22 heavy (non-hydrogen) atoms. The Morgan fingerprint density at radius 1 is 1.36 bits per heavy atom. The highest BCUT2D eigenvalue weighted by molar-refractivity contribution is 5.74. The quantitative estimate of drug-likeness (QED) is 0.882. The molecule has 0 aliphatic rings. The number of amides is 2. The molecule has 0 saturated carbocycles. The molecular weight excluding hydrogens is 282 g/mol. The molecule has 0 bridgehead atoms. The Labute approximate surface area is 129 Å². The van der Waals surface area contributed by atoms with Crippen molar-refractivity contribution in [2.75, 3.05) is 19.0 Å². The van der Waals surface area contributed by atoms with Gasteiger partial charge in [0, 0.05) is 14.1 Å². The van der Waals surface area contributed by atoms with Gasteiger partial charge < -0.3 is 20.1 Å². The maximum Gasteiger partial charge on any atom is 0.315 e. The molecule has 118 valence electrons. The number of nitrogens with zero attached hydrogens (tertiary/aromatic N) is 3. The first-order valence-corrected chi connectivity index (χ1v) is 7.07. The third-order valence-electron chi connectivity index (χ3n) is 3.26. The number of aromatic nitrogens is 2. The Bertz CT molecular complexity index is 638. The molecule has 2 rings (SSSR count). The van der Waals surface area contributed by atoms with Gasteiger partial charge in [0.05, 0.1) is 12.6 Å². The van der Waals surface area contributed by atoms with Crippen molar-refractivity contribution >= 4 is 12.0 Å². The molecule has 0 radical (unpaired) electrons. The lowest BCUT2D eigenvalue weighted by atomic mass is 10.0. The summed E-state index contributed by atoms with van der Waals surface area (Å²) in [6, 6.07) is 7.60. The maximum absolute atomic E-state index is 11.9. The third-order valence-corrected chi connectivity index (χ3v) is 3.26. The van der Waals surface area contributed by atoms with Gasteiger partial charge in [-0.15, -0.1) is 0 Å². The molecule has 1 atom stereocenters. The van der Waals surface area contributed by atoms with Crippen molar-refractivity contribution in [2.24, 2.45) is 0 Å². The first kappa shape index (κ1) is 15.8. The van der Waals surface area contributed by atoms with Crippen LogP contribution >= 0.6 is 0 Å². The zero-order valence-corrected chi connectivity index (χ0v) is 13.3. The summed E-state index contributed by atoms with van der Waals surface area (Å²) in [6.07, 6.45) is 0. The zero-order valence-electron chi connectivity index (χ0n) is 13.3. The Morgan fingerprint density at radius 3 is 2.73 bits per heavy atom. The molecule has 2 aromatic rings. The van der Waals surface area contributed by atoms with Crippen molar-refractivity contribution in [1.29, 1.82) is 0 Å². The molecule has 0 fully saturated rings. The molecule has 0 aliphatic heterocycles. The van der Waals surface area contributed by atoms with E-state index in [1.165, 1.54) is 0 Å². The molecule has 1 aromatic carbocycles. The van der Waals surface area contributed by atoms with Gasteiger partial charge >= 0.3 is 6.03 Å². The second kappa shape index (κ2) is 6.93. The first-order valence-electron chi connectivity index (χ1n) is 7.07. The number of urea groups is 1. The summed E-state index contributed by atoms with van der Waals surface area (Å²) in [7, 11) is 3.64. The van der Waals surface area contributed by atoms with Crippen molar-refractivity contribution in [3.05, 3.63) is 41.3 Å². The third kappa shape index (κ3) is 3.97. The highest BCUT2D eigenvalue weighted by Gasteiger charge is 2.13. The standard InChI is InChI=1S/C15H21N5O2/c1-10-7-5-6-8-12(10)11(2)17-15(21)16-9-13-18-14(19-22-13)20(3)4/h5-8,11H,9H2,1-4H3,(H2,16,17,21)/t11-/m1/s1. The molecule has 2 N–H and O–H groups in total. The molecule has 0 unspecified atom stereocenters. The van der Waals surface area contributed by atoms with Crippen molar-refractivity contribution in [3.8, 4) is 0 Å². The molecule has 2 amide bonds. The normalized spacial score (nSPS) is 11.8. The van der Waals surface area contributed by atoms with Crippen LogP contribution in [-0.4, -0.2) is 30.3 Å². The Balaban J connectivity index is 1.86. The van der Waals surface area contributed by atoms with Crippen molar-refractivity contribution in [2.45, 2.75) is 26.4 Å². The average Bonchev–Trinajstić information content (AvgIpc) is 2.94. The van der Waals surface area contributed by atoms with Gasteiger partial charge in [-0.05, 0) is 30.1 Å². The van der Waals surface area contributed by atoms with E-state index in [-0.39, 0.29) is 18.6 Å². The summed E-state index contributed by atoms with van der Waals surface area (Å²) in [5.74, 6) is 0.841. The minimum absolute atomic E-state index is 0.0822. The van der Waals surface area contributed by atoms with Crippen LogP contribution in [0.3, 0.4) is 0 Å². The topological polar surface area (TPSA) is 83.3 Å². The predicted octanol–water partition coefficient (Wildman–Crippen LogP) is 2.00. The number of hydrogen-bond donors (Lipinski definition) is 2. The largest absolute Gasteiger partial charge is 0.344 e. The fourth-order valence-electron chi connectivity index (χ4n) is 2.05. The summed E-state index contributed by atoms with van der Waals surface area (Å²) in [6.45, 7) is 4.15. The highest BCUT2D eigenvalue weighted by atomic mass is 16.5. The van der Waals surface area contributed by atoms with Crippen LogP contribution in [0.15, 0.2) is 28.8 Å². The Hall–Kier alpha value is -2.57. The smallest absolute Gasteiger partial charge is 0.315 e. The van der Waals surface area contributed by atoms with Gasteiger partial charge in [0.15, 0.2) is 0 Å². The van der Waals surface area contributed by atoms with Gasteiger partial charge in [-0.1, -0.05) is 24.3 Å². The Morgan fingerprint density at radius 2 is 2.09 bits per heavy atom. The van der Waals surface area contributed by atoms with E-state index in [1.54, 1.807) is 4.90 Å². The summed E-state index contributed by atoms with van der Waals surface area (Å²) in [4.78, 5) is 17.8. The van der Waals surface area contributed by atoms with E-state index in [0.717, 1.165) is 11.1 Å². The Kier molecular flexibility index (Phi) is 4.98. The summed E-state index contributed by atoms with van der Waals surface area (Å²) < 4.78 is 5.04. The minimum Gasteiger partial charge on any atom is -0.344 e. The summed E-state index contributed by atoms with van der Waals surface area (Å²) >= 11 is 0. The molecular formula is C15H21N5O2. The predicted molar refractivity (Wildman–Crippen MR) is 83.6 cm³/mol. The van der Waals surface area contributed by atoms with Crippen LogP contribution in [0.5, 0.6) is 0 Å². The zero-order chi connectivity index (χ0) is 16.1. The average molecular weight is 303 g/mol. The van der Waals surface area contributed by atoms with E-state index in [0.29, 0.717) is 11.8 Å². The number of hydrogen-bond acceptors (Lipinski definition) is 5. The minimum atomic E-state index is -0.277. The van der Waals surface area contributed by atoms with Crippen LogP contribution in [0.1, 0.15) is 30.0 Å². The molecule has 1 aromatic heterocycles. The van der Waals surface area contributed by atoms with E-state index >= 15 is 0 Å². The van der Waals surface area contributed by atoms with Crippen LogP contribution in [0, 0.1) is 6.92 Å². The lowest BCUT2D eigenvalue weighted by Gasteiger charge is -2.16. The van der Waals surface area contributed by atoms with Gasteiger partial charge in [-0.25, -0.2) is 4.79 Å². The highest BCUT2D eigenvalue weighted by Crippen LogP contribution is 2.16. The fourth-order valence-corrected chi connectivity index (χ4v) is 2.05. The summed E-state index contributed by atoms with van der Waals surface area (Å²) in [5.41, 5.74) is 2.23. The second-order valence-corrected chi connectivity index (χ2v) is 5.29. The second-order valence-electron chi connectivity index (χ2n) is 5.29. The number of carbonyl (C=O) groups is 1. The molecule has 0 saturated heterocycles. The van der Waals surface area contributed by atoms with Gasteiger partial charge in [0.25, 0.3) is 5.95 Å². The lowest BCUT2D eigenvalue weighted by Crippen LogP contribution is -2.36. The van der Waals surface area contributed by atoms with E-state index < -0.39 is 0 Å². The first-order chi connectivity index (χ1) is 10.5. The van der Waals surface area contributed by atoms with E-state index in [2.05, 4.69) is 20.8 Å². The molecule has 0 aliphatic carbocycles. The monoisotopic (exact) mass is 303 g/mol. The van der Waals surface area contributed by atoms with Gasteiger partial charge in [-0.3, -0.25) is 0 Å². The van der Waals surface area contributed by atoms with Gasteiger partial charge in [-0.2, -0.15) is 4.98 Å². The van der Waals surface area contributed by atoms with E-state index in [1.807, 2.05) is 52.2 Å². The van der Waals surface area contributed by atoms with Crippen LogP contribution in [0.25, 0.3) is 0 Å². The van der Waals surface area contributed by atoms with Crippen LogP contribution in [-0.2, 0) is 6.54 Å². The molecule has 0 spiro atoms. The fraction of sp³-hybridized carbons (Fsp3) is 0.400. The number of carbonyl (C=O) groups excluding carboxylic acids is 1. The SMILES string of the molecule is Cc1ccccc1[C@@H](C)NC(=O)NCc1nc(N(C)C)no1. The molecule has 1 heterocycles. The molecule has 7 nitrogen and oxygen atoms in total. The molecule has 7 heteroatoms.